The van der Waals surface area contributed by atoms with Crippen LogP contribution in [0, 0.1) is 18.6 Å². The van der Waals surface area contributed by atoms with Gasteiger partial charge in [-0.2, -0.15) is 0 Å². The van der Waals surface area contributed by atoms with Crippen molar-refractivity contribution < 1.29 is 17.2 Å². The van der Waals surface area contributed by atoms with Crippen LogP contribution in [0.3, 0.4) is 0 Å². The number of nitrogens with two attached hydrogens (primary N) is 1. The summed E-state index contributed by atoms with van der Waals surface area (Å²) in [6.07, 6.45) is 1.47. The van der Waals surface area contributed by atoms with Crippen LogP contribution in [-0.2, 0) is 16.6 Å². The molecule has 0 amide bonds. The first-order valence-electron chi connectivity index (χ1n) is 5.82. The number of anilines is 1. The molecule has 3 N–H and O–H groups in total. The van der Waals surface area contributed by atoms with Crippen molar-refractivity contribution in [3.05, 3.63) is 47.5 Å². The molecule has 1 aromatic heterocycles. The number of benzene rings is 1. The minimum atomic E-state index is -4.17. The number of aromatic nitrogens is 2. The molecule has 0 aliphatic rings. The molecule has 0 saturated carbocycles. The molecule has 0 aliphatic carbocycles. The summed E-state index contributed by atoms with van der Waals surface area (Å²) in [6.45, 7) is 1.50. The highest BCUT2D eigenvalue weighted by Crippen LogP contribution is 2.20. The van der Waals surface area contributed by atoms with E-state index in [1.165, 1.54) is 12.3 Å². The van der Waals surface area contributed by atoms with Gasteiger partial charge in [0.05, 0.1) is 17.9 Å². The van der Waals surface area contributed by atoms with Crippen molar-refractivity contribution >= 4 is 15.7 Å². The largest absolute Gasteiger partial charge is 0.396 e. The third-order valence-corrected chi connectivity index (χ3v) is 4.03. The summed E-state index contributed by atoms with van der Waals surface area (Å²) in [5, 5.41) is 0. The lowest BCUT2D eigenvalue weighted by atomic mass is 10.3. The summed E-state index contributed by atoms with van der Waals surface area (Å²) < 4.78 is 52.8. The average Bonchev–Trinajstić information content (AvgIpc) is 2.41. The van der Waals surface area contributed by atoms with Gasteiger partial charge in [0.25, 0.3) is 0 Å². The highest BCUT2D eigenvalue weighted by molar-refractivity contribution is 7.89. The smallest absolute Gasteiger partial charge is 0.243 e. The van der Waals surface area contributed by atoms with Gasteiger partial charge in [-0.1, -0.05) is 0 Å². The first-order chi connectivity index (χ1) is 9.79. The van der Waals surface area contributed by atoms with Gasteiger partial charge in [-0.15, -0.1) is 0 Å². The van der Waals surface area contributed by atoms with E-state index in [0.717, 1.165) is 6.07 Å². The van der Waals surface area contributed by atoms with Gasteiger partial charge < -0.3 is 5.73 Å². The van der Waals surface area contributed by atoms with Gasteiger partial charge in [-0.3, -0.25) is 0 Å². The first kappa shape index (κ1) is 15.3. The Kier molecular flexibility index (Phi) is 4.14. The van der Waals surface area contributed by atoms with E-state index in [2.05, 4.69) is 14.7 Å². The lowest BCUT2D eigenvalue weighted by molar-refractivity contribution is 0.544. The third kappa shape index (κ3) is 3.50. The Labute approximate surface area is 120 Å². The molecule has 1 heterocycles. The van der Waals surface area contributed by atoms with Crippen molar-refractivity contribution in [1.82, 2.24) is 14.7 Å². The number of nitrogen functional groups attached to an aromatic ring is 1. The van der Waals surface area contributed by atoms with Gasteiger partial charge in [0.2, 0.25) is 10.0 Å². The fourth-order valence-electron chi connectivity index (χ4n) is 1.60. The second-order valence-corrected chi connectivity index (χ2v) is 5.96. The van der Waals surface area contributed by atoms with Gasteiger partial charge in [0.15, 0.2) is 0 Å². The van der Waals surface area contributed by atoms with Crippen LogP contribution < -0.4 is 10.5 Å². The molecule has 6 nitrogen and oxygen atoms in total. The molecule has 2 aromatic rings. The van der Waals surface area contributed by atoms with E-state index in [9.17, 15) is 17.2 Å². The molecule has 9 heteroatoms. The van der Waals surface area contributed by atoms with Crippen LogP contribution in [0.2, 0.25) is 0 Å². The molecule has 0 aliphatic heterocycles. The van der Waals surface area contributed by atoms with Crippen molar-refractivity contribution in [3.8, 4) is 0 Å². The van der Waals surface area contributed by atoms with E-state index in [1.807, 2.05) is 0 Å². The van der Waals surface area contributed by atoms with Crippen molar-refractivity contribution in [2.75, 3.05) is 5.73 Å². The van der Waals surface area contributed by atoms with Crippen LogP contribution in [0.25, 0.3) is 0 Å². The molecule has 0 unspecified atom stereocenters. The Bertz CT molecular complexity index is 781. The summed E-state index contributed by atoms with van der Waals surface area (Å²) in [7, 11) is -4.17. The number of sulfonamides is 1. The topological polar surface area (TPSA) is 98.0 Å². The maximum Gasteiger partial charge on any atom is 0.243 e. The molecule has 0 radical (unpaired) electrons. The van der Waals surface area contributed by atoms with Crippen LogP contribution in [0.5, 0.6) is 0 Å². The van der Waals surface area contributed by atoms with Gasteiger partial charge in [0, 0.05) is 12.3 Å². The zero-order valence-electron chi connectivity index (χ0n) is 11.0. The standard InChI is InChI=1S/C12H12F2N4O2S/c1-7-16-3-2-8(18-7)6-17-21(19,20)12-5-11(15)9(13)4-10(12)14/h2-5,17H,6,15H2,1H3. The maximum atomic E-state index is 13.6. The molecule has 1 aromatic carbocycles. The van der Waals surface area contributed by atoms with E-state index in [-0.39, 0.29) is 6.54 Å². The molecule has 112 valence electrons. The van der Waals surface area contributed by atoms with E-state index < -0.39 is 32.2 Å². The summed E-state index contributed by atoms with van der Waals surface area (Å²) in [6, 6.07) is 2.68. The molecule has 2 rings (SSSR count). The Morgan fingerprint density at radius 2 is 2.00 bits per heavy atom. The first-order valence-corrected chi connectivity index (χ1v) is 7.30. The highest BCUT2D eigenvalue weighted by Gasteiger charge is 2.21. The second-order valence-electron chi connectivity index (χ2n) is 4.22. The number of nitrogens with one attached hydrogen (secondary N) is 1. The lowest BCUT2D eigenvalue weighted by Crippen LogP contribution is -2.25. The quantitative estimate of drug-likeness (QED) is 0.824. The molecular weight excluding hydrogens is 302 g/mol. The number of aryl methyl sites for hydroxylation is 1. The summed E-state index contributed by atoms with van der Waals surface area (Å²) in [5.41, 5.74) is 5.23. The van der Waals surface area contributed by atoms with Crippen LogP contribution in [-0.4, -0.2) is 18.4 Å². The fourth-order valence-corrected chi connectivity index (χ4v) is 2.69. The van der Waals surface area contributed by atoms with Gasteiger partial charge in [-0.05, 0) is 19.1 Å². The van der Waals surface area contributed by atoms with Crippen molar-refractivity contribution in [3.63, 3.8) is 0 Å². The zero-order chi connectivity index (χ0) is 15.6. The Balaban J connectivity index is 2.25. The van der Waals surface area contributed by atoms with Crippen LogP contribution in [0.15, 0.2) is 29.3 Å². The molecule has 0 spiro atoms. The molecule has 0 atom stereocenters. The Morgan fingerprint density at radius 3 is 2.67 bits per heavy atom. The molecule has 0 bridgehead atoms. The lowest BCUT2D eigenvalue weighted by Gasteiger charge is -2.09. The number of hydrogen-bond acceptors (Lipinski definition) is 5. The Hall–Kier alpha value is -2.13. The predicted octanol–water partition coefficient (Wildman–Crippen LogP) is 1.12. The SMILES string of the molecule is Cc1nccc(CNS(=O)(=O)c2cc(N)c(F)cc2F)n1. The Morgan fingerprint density at radius 1 is 1.29 bits per heavy atom. The van der Waals surface area contributed by atoms with Gasteiger partial charge in [-0.25, -0.2) is 31.9 Å². The van der Waals surface area contributed by atoms with E-state index in [0.29, 0.717) is 17.6 Å². The minimum absolute atomic E-state index is 0.150. The molecular formula is C12H12F2N4O2S. The summed E-state index contributed by atoms with van der Waals surface area (Å²) in [5.74, 6) is -1.75. The second kappa shape index (κ2) is 5.70. The number of nitrogens with zero attached hydrogens (tertiary/aromatic N) is 2. The predicted molar refractivity (Wildman–Crippen MR) is 71.6 cm³/mol. The van der Waals surface area contributed by atoms with Gasteiger partial charge >= 0.3 is 0 Å². The number of rotatable bonds is 4. The normalized spacial score (nSPS) is 11.6. The van der Waals surface area contributed by atoms with Crippen molar-refractivity contribution in [2.45, 2.75) is 18.4 Å². The van der Waals surface area contributed by atoms with E-state index >= 15 is 0 Å². The monoisotopic (exact) mass is 314 g/mol. The zero-order valence-corrected chi connectivity index (χ0v) is 11.8. The highest BCUT2D eigenvalue weighted by atomic mass is 32.2. The maximum absolute atomic E-state index is 13.6. The van der Waals surface area contributed by atoms with Crippen molar-refractivity contribution in [1.29, 1.82) is 0 Å². The van der Waals surface area contributed by atoms with Crippen LogP contribution >= 0.6 is 0 Å². The van der Waals surface area contributed by atoms with Crippen LogP contribution in [0.1, 0.15) is 11.5 Å². The molecule has 0 saturated heterocycles. The van der Waals surface area contributed by atoms with Crippen molar-refractivity contribution in [2.24, 2.45) is 0 Å². The molecule has 21 heavy (non-hydrogen) atoms. The fraction of sp³-hybridized carbons (Fsp3) is 0.167. The summed E-state index contributed by atoms with van der Waals surface area (Å²) >= 11 is 0. The van der Waals surface area contributed by atoms with Gasteiger partial charge in [0.1, 0.15) is 22.4 Å². The average molecular weight is 314 g/mol. The minimum Gasteiger partial charge on any atom is -0.396 e. The van der Waals surface area contributed by atoms with Crippen LogP contribution in [0.4, 0.5) is 14.5 Å². The number of halogens is 2. The molecule has 0 fully saturated rings. The third-order valence-electron chi connectivity index (χ3n) is 2.62. The van der Waals surface area contributed by atoms with E-state index in [1.54, 1.807) is 6.92 Å². The van der Waals surface area contributed by atoms with E-state index in [4.69, 9.17) is 5.73 Å². The summed E-state index contributed by atoms with van der Waals surface area (Å²) in [4.78, 5) is 7.16. The number of hydrogen-bond donors (Lipinski definition) is 2.